The second-order valence-electron chi connectivity index (χ2n) is 4.24. The molecule has 1 N–H and O–H groups in total. The maximum Gasteiger partial charge on any atom is 0.153 e. The fraction of sp³-hybridized carbons (Fsp3) is 0.800. The molecular formula is C10H17N3. The topological polar surface area (TPSA) is 41.6 Å². The third-order valence-electron chi connectivity index (χ3n) is 2.83. The highest BCUT2D eigenvalue weighted by molar-refractivity contribution is 5.10. The molecule has 2 atom stereocenters. The molecule has 0 aliphatic heterocycles. The molecule has 0 bridgehead atoms. The number of hydrogen-bond acceptors (Lipinski definition) is 2. The summed E-state index contributed by atoms with van der Waals surface area (Å²) in [5.41, 5.74) is 0. The van der Waals surface area contributed by atoms with Crippen molar-refractivity contribution >= 4 is 0 Å². The number of H-pyrrole nitrogens is 1. The van der Waals surface area contributed by atoms with Crippen LogP contribution in [0, 0.1) is 5.92 Å². The Morgan fingerprint density at radius 3 is 2.77 bits per heavy atom. The van der Waals surface area contributed by atoms with E-state index < -0.39 is 0 Å². The van der Waals surface area contributed by atoms with Crippen molar-refractivity contribution in [1.82, 2.24) is 15.2 Å². The molecule has 0 unspecified atom stereocenters. The Kier molecular flexibility index (Phi) is 2.10. The molecule has 1 fully saturated rings. The normalized spacial score (nSPS) is 26.8. The van der Waals surface area contributed by atoms with E-state index >= 15 is 0 Å². The Hall–Kier alpha value is -0.860. The third kappa shape index (κ3) is 1.60. The maximum absolute atomic E-state index is 4.50. The van der Waals surface area contributed by atoms with Crippen molar-refractivity contribution in [3.63, 3.8) is 0 Å². The van der Waals surface area contributed by atoms with Gasteiger partial charge in [-0.1, -0.05) is 27.2 Å². The zero-order chi connectivity index (χ0) is 9.42. The predicted molar refractivity (Wildman–Crippen MR) is 51.6 cm³/mol. The Balaban J connectivity index is 2.07. The van der Waals surface area contributed by atoms with Crippen molar-refractivity contribution < 1.29 is 0 Å². The van der Waals surface area contributed by atoms with Crippen molar-refractivity contribution in [2.75, 3.05) is 0 Å². The predicted octanol–water partition coefficient (Wildman–Crippen LogP) is 2.44. The zero-order valence-electron chi connectivity index (χ0n) is 8.54. The van der Waals surface area contributed by atoms with Crippen LogP contribution in [0.4, 0.5) is 0 Å². The first kappa shape index (κ1) is 8.73. The van der Waals surface area contributed by atoms with Crippen LogP contribution in [0.1, 0.15) is 57.1 Å². The Morgan fingerprint density at radius 1 is 1.54 bits per heavy atom. The van der Waals surface area contributed by atoms with Gasteiger partial charge in [-0.2, -0.15) is 5.10 Å². The molecule has 0 saturated heterocycles. The van der Waals surface area contributed by atoms with Gasteiger partial charge in [0.15, 0.2) is 5.82 Å². The molecule has 72 valence electrons. The van der Waals surface area contributed by atoms with E-state index in [-0.39, 0.29) is 0 Å². The van der Waals surface area contributed by atoms with Gasteiger partial charge in [0.05, 0.1) is 0 Å². The van der Waals surface area contributed by atoms with Gasteiger partial charge in [-0.05, 0) is 12.3 Å². The molecule has 1 saturated carbocycles. The monoisotopic (exact) mass is 179 g/mol. The Morgan fingerprint density at radius 2 is 2.31 bits per heavy atom. The summed E-state index contributed by atoms with van der Waals surface area (Å²) in [7, 11) is 0. The van der Waals surface area contributed by atoms with Gasteiger partial charge >= 0.3 is 0 Å². The number of nitrogens with one attached hydrogen (secondary N) is 1. The number of aromatic amines is 1. The summed E-state index contributed by atoms with van der Waals surface area (Å²) in [6.45, 7) is 6.48. The standard InChI is InChI=1S/C10H17N3/c1-4-7-5-8(7)10-11-9(6(2)3)12-13-10/h6-8H,4-5H2,1-3H3,(H,11,12,13)/t7-,8-/m1/s1. The molecule has 0 spiro atoms. The fourth-order valence-corrected chi connectivity index (χ4v) is 1.75. The van der Waals surface area contributed by atoms with Crippen LogP contribution in [0.5, 0.6) is 0 Å². The molecule has 0 amide bonds. The molecule has 1 aromatic heterocycles. The number of aromatic nitrogens is 3. The van der Waals surface area contributed by atoms with Gasteiger partial charge < -0.3 is 0 Å². The molecule has 1 aromatic rings. The van der Waals surface area contributed by atoms with Gasteiger partial charge in [0.2, 0.25) is 0 Å². The van der Waals surface area contributed by atoms with E-state index in [2.05, 4.69) is 36.0 Å². The average Bonchev–Trinajstić information content (AvgIpc) is 2.73. The van der Waals surface area contributed by atoms with E-state index in [0.29, 0.717) is 11.8 Å². The fourth-order valence-electron chi connectivity index (χ4n) is 1.75. The van der Waals surface area contributed by atoms with Gasteiger partial charge in [0, 0.05) is 11.8 Å². The van der Waals surface area contributed by atoms with Gasteiger partial charge in [0.25, 0.3) is 0 Å². The Bertz CT molecular complexity index is 290. The lowest BCUT2D eigenvalue weighted by Crippen LogP contribution is -1.90. The summed E-state index contributed by atoms with van der Waals surface area (Å²) in [4.78, 5) is 4.50. The largest absolute Gasteiger partial charge is 0.263 e. The highest BCUT2D eigenvalue weighted by Crippen LogP contribution is 2.47. The molecular weight excluding hydrogens is 162 g/mol. The van der Waals surface area contributed by atoms with Gasteiger partial charge in [0.1, 0.15) is 5.82 Å². The smallest absolute Gasteiger partial charge is 0.153 e. The SMILES string of the molecule is CC[C@@H]1C[C@H]1c1nc(C(C)C)n[nH]1. The van der Waals surface area contributed by atoms with Crippen LogP contribution in [0.25, 0.3) is 0 Å². The van der Waals surface area contributed by atoms with E-state index in [1.54, 1.807) is 0 Å². The van der Waals surface area contributed by atoms with Crippen molar-refractivity contribution in [2.45, 2.75) is 45.4 Å². The summed E-state index contributed by atoms with van der Waals surface area (Å²) < 4.78 is 0. The molecule has 3 heteroatoms. The first-order chi connectivity index (χ1) is 6.22. The van der Waals surface area contributed by atoms with Gasteiger partial charge in [-0.3, -0.25) is 5.10 Å². The van der Waals surface area contributed by atoms with Crippen LogP contribution >= 0.6 is 0 Å². The molecule has 1 aliphatic carbocycles. The van der Waals surface area contributed by atoms with Crippen LogP contribution in [-0.2, 0) is 0 Å². The summed E-state index contributed by atoms with van der Waals surface area (Å²) >= 11 is 0. The van der Waals surface area contributed by atoms with Crippen molar-refractivity contribution in [3.05, 3.63) is 11.6 Å². The first-order valence-corrected chi connectivity index (χ1v) is 5.14. The molecule has 0 radical (unpaired) electrons. The summed E-state index contributed by atoms with van der Waals surface area (Å²) in [6.07, 6.45) is 2.56. The van der Waals surface area contributed by atoms with Crippen molar-refractivity contribution in [3.8, 4) is 0 Å². The number of hydrogen-bond donors (Lipinski definition) is 1. The van der Waals surface area contributed by atoms with Crippen molar-refractivity contribution in [2.24, 2.45) is 5.92 Å². The lowest BCUT2D eigenvalue weighted by molar-refractivity contribution is 0.742. The van der Waals surface area contributed by atoms with Crippen LogP contribution in [-0.4, -0.2) is 15.2 Å². The minimum atomic E-state index is 0.434. The summed E-state index contributed by atoms with van der Waals surface area (Å²) in [5.74, 6) is 4.02. The molecule has 0 aromatic carbocycles. The zero-order valence-corrected chi connectivity index (χ0v) is 8.54. The minimum absolute atomic E-state index is 0.434. The summed E-state index contributed by atoms with van der Waals surface area (Å²) in [5, 5.41) is 7.26. The number of nitrogens with zero attached hydrogens (tertiary/aromatic N) is 2. The minimum Gasteiger partial charge on any atom is -0.263 e. The van der Waals surface area contributed by atoms with E-state index in [4.69, 9.17) is 0 Å². The highest BCUT2D eigenvalue weighted by Gasteiger charge is 2.39. The van der Waals surface area contributed by atoms with Gasteiger partial charge in [-0.25, -0.2) is 4.98 Å². The molecule has 1 heterocycles. The van der Waals surface area contributed by atoms with Crippen molar-refractivity contribution in [1.29, 1.82) is 0 Å². The average molecular weight is 179 g/mol. The first-order valence-electron chi connectivity index (χ1n) is 5.14. The molecule has 2 rings (SSSR count). The van der Waals surface area contributed by atoms with Crippen LogP contribution in [0.2, 0.25) is 0 Å². The van der Waals surface area contributed by atoms with Crippen LogP contribution in [0.3, 0.4) is 0 Å². The Labute approximate surface area is 79.0 Å². The molecule has 1 aliphatic rings. The maximum atomic E-state index is 4.50. The van der Waals surface area contributed by atoms with E-state index in [1.807, 2.05) is 0 Å². The second kappa shape index (κ2) is 3.13. The van der Waals surface area contributed by atoms with Crippen LogP contribution < -0.4 is 0 Å². The van der Waals surface area contributed by atoms with E-state index in [1.165, 1.54) is 12.8 Å². The second-order valence-corrected chi connectivity index (χ2v) is 4.24. The number of rotatable bonds is 3. The lowest BCUT2D eigenvalue weighted by Gasteiger charge is -1.94. The molecule has 3 nitrogen and oxygen atoms in total. The van der Waals surface area contributed by atoms with E-state index in [0.717, 1.165) is 17.6 Å². The quantitative estimate of drug-likeness (QED) is 0.774. The third-order valence-corrected chi connectivity index (χ3v) is 2.83. The van der Waals surface area contributed by atoms with Gasteiger partial charge in [-0.15, -0.1) is 0 Å². The van der Waals surface area contributed by atoms with E-state index in [9.17, 15) is 0 Å². The highest BCUT2D eigenvalue weighted by atomic mass is 15.2. The molecule has 13 heavy (non-hydrogen) atoms. The van der Waals surface area contributed by atoms with Crippen LogP contribution in [0.15, 0.2) is 0 Å². The lowest BCUT2D eigenvalue weighted by atomic mass is 10.2. The summed E-state index contributed by atoms with van der Waals surface area (Å²) in [6, 6.07) is 0.